The van der Waals surface area contributed by atoms with E-state index in [0.29, 0.717) is 17.3 Å². The van der Waals surface area contributed by atoms with Gasteiger partial charge in [0.05, 0.1) is 12.0 Å². The average molecular weight is 271 g/mol. The molecule has 0 N–H and O–H groups in total. The maximum absolute atomic E-state index is 9.53. The minimum atomic E-state index is 0.246. The summed E-state index contributed by atoms with van der Waals surface area (Å²) < 4.78 is 0. The fourth-order valence-electron chi connectivity index (χ4n) is 4.35. The van der Waals surface area contributed by atoms with Crippen LogP contribution in [0.15, 0.2) is 23.8 Å². The predicted octanol–water partition coefficient (Wildman–Crippen LogP) is 5.65. The van der Waals surface area contributed by atoms with Crippen LogP contribution in [0, 0.1) is 34.5 Å². The molecule has 0 spiro atoms. The van der Waals surface area contributed by atoms with Gasteiger partial charge in [0, 0.05) is 0 Å². The minimum Gasteiger partial charge on any atom is -0.198 e. The molecule has 1 fully saturated rings. The molecule has 0 aromatic heterocycles. The minimum absolute atomic E-state index is 0.246. The van der Waals surface area contributed by atoms with Crippen LogP contribution in [0.2, 0.25) is 0 Å². The van der Waals surface area contributed by atoms with E-state index in [1.807, 2.05) is 0 Å². The Balaban J connectivity index is 2.14. The van der Waals surface area contributed by atoms with Gasteiger partial charge >= 0.3 is 0 Å². The molecule has 2 rings (SSSR count). The van der Waals surface area contributed by atoms with Crippen LogP contribution in [-0.2, 0) is 0 Å². The van der Waals surface area contributed by atoms with E-state index in [9.17, 15) is 5.26 Å². The summed E-state index contributed by atoms with van der Waals surface area (Å²) in [4.78, 5) is 0. The molecule has 0 bridgehead atoms. The van der Waals surface area contributed by atoms with Gasteiger partial charge in [-0.05, 0) is 62.7 Å². The molecular weight excluding hydrogens is 242 g/mol. The van der Waals surface area contributed by atoms with Crippen LogP contribution in [0.3, 0.4) is 0 Å². The zero-order valence-corrected chi connectivity index (χ0v) is 13.4. The topological polar surface area (TPSA) is 23.8 Å². The van der Waals surface area contributed by atoms with Crippen molar-refractivity contribution in [2.24, 2.45) is 23.2 Å². The first-order chi connectivity index (χ1) is 9.48. The van der Waals surface area contributed by atoms with Crippen molar-refractivity contribution in [3.63, 3.8) is 0 Å². The van der Waals surface area contributed by atoms with Crippen molar-refractivity contribution in [1.82, 2.24) is 0 Å². The first-order valence-corrected chi connectivity index (χ1v) is 8.22. The van der Waals surface area contributed by atoms with Crippen LogP contribution < -0.4 is 0 Å². The molecule has 0 saturated heterocycles. The monoisotopic (exact) mass is 271 g/mol. The molecule has 0 aliphatic heterocycles. The average Bonchev–Trinajstić information content (AvgIpc) is 2.38. The fraction of sp³-hybridized carbons (Fsp3) is 0.737. The van der Waals surface area contributed by atoms with Crippen LogP contribution in [0.4, 0.5) is 0 Å². The summed E-state index contributed by atoms with van der Waals surface area (Å²) in [6.07, 6.45) is 11.0. The zero-order chi connectivity index (χ0) is 14.8. The van der Waals surface area contributed by atoms with E-state index in [2.05, 4.69) is 39.5 Å². The normalized spacial score (nSPS) is 36.7. The molecule has 2 aliphatic rings. The fourth-order valence-corrected chi connectivity index (χ4v) is 4.35. The maximum Gasteiger partial charge on any atom is 0.0665 e. The highest BCUT2D eigenvalue weighted by Crippen LogP contribution is 2.53. The number of hydrogen-bond acceptors (Lipinski definition) is 1. The zero-order valence-electron chi connectivity index (χ0n) is 13.4. The maximum atomic E-state index is 9.53. The summed E-state index contributed by atoms with van der Waals surface area (Å²) in [6, 6.07) is 2.61. The van der Waals surface area contributed by atoms with Gasteiger partial charge in [0.15, 0.2) is 0 Å². The molecule has 0 radical (unpaired) electrons. The summed E-state index contributed by atoms with van der Waals surface area (Å²) in [7, 11) is 0. The van der Waals surface area contributed by atoms with Crippen molar-refractivity contribution in [2.75, 3.05) is 0 Å². The molecule has 1 unspecified atom stereocenters. The number of rotatable bonds is 4. The van der Waals surface area contributed by atoms with Gasteiger partial charge < -0.3 is 0 Å². The van der Waals surface area contributed by atoms with E-state index >= 15 is 0 Å². The summed E-state index contributed by atoms with van der Waals surface area (Å²) in [5.74, 6) is 1.31. The summed E-state index contributed by atoms with van der Waals surface area (Å²) >= 11 is 0. The molecule has 4 atom stereocenters. The molecule has 0 amide bonds. The van der Waals surface area contributed by atoms with Crippen LogP contribution in [0.25, 0.3) is 0 Å². The molecule has 20 heavy (non-hydrogen) atoms. The van der Waals surface area contributed by atoms with E-state index in [0.717, 1.165) is 12.8 Å². The van der Waals surface area contributed by atoms with Gasteiger partial charge in [0.1, 0.15) is 0 Å². The molecular formula is C19H29N. The Bertz CT molecular complexity index is 439. The molecule has 1 saturated carbocycles. The van der Waals surface area contributed by atoms with E-state index in [4.69, 9.17) is 0 Å². The van der Waals surface area contributed by atoms with Crippen LogP contribution in [0.5, 0.6) is 0 Å². The highest BCUT2D eigenvalue weighted by molar-refractivity contribution is 5.25. The van der Waals surface area contributed by atoms with Gasteiger partial charge in [-0.15, -0.1) is 6.58 Å². The molecule has 2 aliphatic carbocycles. The molecule has 1 nitrogen and oxygen atoms in total. The Morgan fingerprint density at radius 2 is 2.30 bits per heavy atom. The number of nitrogens with zero attached hydrogens (tertiary/aromatic N) is 1. The number of allylic oxidation sites excluding steroid dienone is 3. The Hall–Kier alpha value is -1.03. The first kappa shape index (κ1) is 15.4. The quantitative estimate of drug-likeness (QED) is 0.606. The Labute approximate surface area is 124 Å². The lowest BCUT2D eigenvalue weighted by Crippen LogP contribution is -2.37. The van der Waals surface area contributed by atoms with Gasteiger partial charge in [0.2, 0.25) is 0 Å². The molecule has 1 heteroatoms. The largest absolute Gasteiger partial charge is 0.198 e. The van der Waals surface area contributed by atoms with Gasteiger partial charge in [-0.3, -0.25) is 0 Å². The van der Waals surface area contributed by atoms with Crippen molar-refractivity contribution in [3.05, 3.63) is 23.8 Å². The summed E-state index contributed by atoms with van der Waals surface area (Å²) in [5.41, 5.74) is 3.25. The second-order valence-electron chi connectivity index (χ2n) is 7.40. The number of hydrogen-bond donors (Lipinski definition) is 0. The van der Waals surface area contributed by atoms with E-state index in [1.165, 1.54) is 37.7 Å². The second-order valence-corrected chi connectivity index (χ2v) is 7.40. The van der Waals surface area contributed by atoms with Crippen molar-refractivity contribution >= 4 is 0 Å². The Kier molecular flexibility index (Phi) is 4.74. The number of fused-ring (bicyclic) bond motifs is 1. The van der Waals surface area contributed by atoms with Crippen molar-refractivity contribution in [2.45, 2.75) is 65.7 Å². The highest BCUT2D eigenvalue weighted by Gasteiger charge is 2.43. The lowest BCUT2D eigenvalue weighted by molar-refractivity contribution is 0.174. The third-order valence-corrected chi connectivity index (χ3v) is 5.58. The lowest BCUT2D eigenvalue weighted by Gasteiger charge is -2.46. The predicted molar refractivity (Wildman–Crippen MR) is 85.1 cm³/mol. The van der Waals surface area contributed by atoms with Crippen LogP contribution >= 0.6 is 0 Å². The van der Waals surface area contributed by atoms with Crippen molar-refractivity contribution in [1.29, 1.82) is 5.26 Å². The Morgan fingerprint density at radius 1 is 1.55 bits per heavy atom. The number of nitriles is 1. The van der Waals surface area contributed by atoms with Gasteiger partial charge in [-0.1, -0.05) is 37.5 Å². The van der Waals surface area contributed by atoms with Gasteiger partial charge in [-0.25, -0.2) is 0 Å². The highest BCUT2D eigenvalue weighted by atomic mass is 14.5. The summed E-state index contributed by atoms with van der Waals surface area (Å²) in [5, 5.41) is 9.53. The van der Waals surface area contributed by atoms with E-state index in [1.54, 1.807) is 5.57 Å². The summed E-state index contributed by atoms with van der Waals surface area (Å²) in [6.45, 7) is 10.8. The standard InChI is InChI=1S/C19H29N/c1-14(2)7-5-11-19(4)12-6-8-16-17(13-20)15(3)9-10-18(16)19/h10,15-17H,1,5-9,11-12H2,2-4H3/t15-,16+,17?,19+/m1/s1. The molecule has 0 aromatic carbocycles. The van der Waals surface area contributed by atoms with Gasteiger partial charge in [-0.2, -0.15) is 5.26 Å². The third kappa shape index (κ3) is 3.00. The van der Waals surface area contributed by atoms with Gasteiger partial charge in [0.25, 0.3) is 0 Å². The van der Waals surface area contributed by atoms with Crippen LogP contribution in [0.1, 0.15) is 65.7 Å². The molecule has 0 heterocycles. The van der Waals surface area contributed by atoms with Crippen molar-refractivity contribution in [3.8, 4) is 6.07 Å². The first-order valence-electron chi connectivity index (χ1n) is 8.22. The Morgan fingerprint density at radius 3 is 2.95 bits per heavy atom. The molecule has 0 aromatic rings. The smallest absolute Gasteiger partial charge is 0.0665 e. The van der Waals surface area contributed by atoms with Crippen LogP contribution in [-0.4, -0.2) is 0 Å². The third-order valence-electron chi connectivity index (χ3n) is 5.58. The SMILES string of the molecule is C=C(C)CCC[C@@]1(C)CCC[C@@H]2C1=CC[C@@H](C)C2C#N. The lowest BCUT2D eigenvalue weighted by atomic mass is 9.57. The molecule has 110 valence electrons. The van der Waals surface area contributed by atoms with Crippen molar-refractivity contribution < 1.29 is 0 Å². The second kappa shape index (κ2) is 6.17. The van der Waals surface area contributed by atoms with E-state index < -0.39 is 0 Å². The van der Waals surface area contributed by atoms with E-state index in [-0.39, 0.29) is 5.92 Å².